The zero-order chi connectivity index (χ0) is 43.3. The molecule has 0 saturated heterocycles. The first-order valence-electron chi connectivity index (χ1n) is 23.0. The molecule has 7 aromatic carbocycles. The van der Waals surface area contributed by atoms with Gasteiger partial charge in [0.05, 0.1) is 11.0 Å². The molecule has 10 aromatic rings. The molecular formula is C58H53BN2OS. The van der Waals surface area contributed by atoms with Crippen LogP contribution in [-0.4, -0.2) is 11.4 Å². The third-order valence-electron chi connectivity index (χ3n) is 15.5. The molecule has 0 radical (unpaired) electrons. The van der Waals surface area contributed by atoms with Crippen LogP contribution in [0.2, 0.25) is 0 Å². The van der Waals surface area contributed by atoms with Gasteiger partial charge in [-0.3, -0.25) is 0 Å². The molecule has 310 valence electrons. The van der Waals surface area contributed by atoms with Gasteiger partial charge in [0.2, 0.25) is 0 Å². The van der Waals surface area contributed by atoms with Gasteiger partial charge in [-0.25, -0.2) is 0 Å². The van der Waals surface area contributed by atoms with Gasteiger partial charge in [0.15, 0.2) is 0 Å². The number of nitrogens with zero attached hydrogens (tertiary/aromatic N) is 2. The highest BCUT2D eigenvalue weighted by atomic mass is 32.1. The summed E-state index contributed by atoms with van der Waals surface area (Å²) in [5, 5.41) is 7.78. The van der Waals surface area contributed by atoms with Crippen LogP contribution in [-0.2, 0) is 21.7 Å². The monoisotopic (exact) mass is 836 g/mol. The summed E-state index contributed by atoms with van der Waals surface area (Å²) in [4.78, 5) is 2.73. The number of fused-ring (bicyclic) bond motifs is 17. The van der Waals surface area contributed by atoms with Gasteiger partial charge < -0.3 is 13.8 Å². The van der Waals surface area contributed by atoms with Crippen molar-refractivity contribution < 1.29 is 4.42 Å². The predicted molar refractivity (Wildman–Crippen MR) is 273 cm³/mol. The highest BCUT2D eigenvalue weighted by Crippen LogP contribution is 2.56. The molecule has 5 heterocycles. The normalized spacial score (nSPS) is 16.5. The quantitative estimate of drug-likeness (QED) is 0.154. The molecule has 0 bridgehead atoms. The molecule has 13 rings (SSSR count). The average Bonchev–Trinajstić information content (AvgIpc) is 3.92. The summed E-state index contributed by atoms with van der Waals surface area (Å²) < 4.78 is 12.2. The summed E-state index contributed by atoms with van der Waals surface area (Å²) in [6.07, 6.45) is 2.33. The number of thiophene rings is 1. The van der Waals surface area contributed by atoms with E-state index in [0.717, 1.165) is 28.4 Å². The zero-order valence-electron chi connectivity index (χ0n) is 38.2. The Bertz CT molecular complexity index is 3650. The number of furan rings is 1. The van der Waals surface area contributed by atoms with E-state index in [1.54, 1.807) is 0 Å². The molecule has 0 fully saturated rings. The van der Waals surface area contributed by atoms with E-state index in [1.165, 1.54) is 110 Å². The van der Waals surface area contributed by atoms with Gasteiger partial charge in [-0.15, -0.1) is 11.3 Å². The first-order valence-corrected chi connectivity index (χ1v) is 23.8. The second-order valence-electron chi connectivity index (χ2n) is 22.4. The Morgan fingerprint density at radius 2 is 1.27 bits per heavy atom. The predicted octanol–water partition coefficient (Wildman–Crippen LogP) is 15.2. The highest BCUT2D eigenvalue weighted by molar-refractivity contribution is 7.27. The number of anilines is 2. The molecule has 0 atom stereocenters. The maximum absolute atomic E-state index is 6.82. The third kappa shape index (κ3) is 4.98. The van der Waals surface area contributed by atoms with Gasteiger partial charge >= 0.3 is 6.85 Å². The standard InChI is InChI=1S/C58H53BN2OS/c1-55(2,3)32-19-22-34(23-20-32)61-44-30-41-40(57(7,8)25-26-58(41,9)10)28-39(44)49-50-36-16-12-14-18-48(36)63-54(50)51-38-27-33(56(4,5)6)21-24-43(38)60-45-29-37-35-15-11-13-17-46(35)62-47(37)31-42(45)59(61)52(49)53(51)60/h11-24,27-31H,25-26H2,1-10H3. The van der Waals surface area contributed by atoms with Crippen molar-refractivity contribution in [3.05, 3.63) is 138 Å². The van der Waals surface area contributed by atoms with E-state index in [0.29, 0.717) is 0 Å². The molecule has 3 aliphatic rings. The van der Waals surface area contributed by atoms with E-state index in [2.05, 4.69) is 194 Å². The van der Waals surface area contributed by atoms with Crippen LogP contribution < -0.4 is 15.7 Å². The van der Waals surface area contributed by atoms with Gasteiger partial charge in [-0.05, 0) is 134 Å². The minimum atomic E-state index is -0.122. The van der Waals surface area contributed by atoms with E-state index >= 15 is 0 Å². The Balaban J connectivity index is 1.29. The van der Waals surface area contributed by atoms with Gasteiger partial charge in [0, 0.05) is 64.3 Å². The summed E-state index contributed by atoms with van der Waals surface area (Å²) in [5.74, 6) is 0. The van der Waals surface area contributed by atoms with E-state index in [4.69, 9.17) is 4.42 Å². The SMILES string of the molecule is CC(C)(C)c1ccc(N2B3c4cc5oc6ccccc6c5cc4-n4c5ccc(C(C)(C)C)cc5c5c6sc7ccccc7c6c(c3c54)-c3cc4c(cc32)C(C)(C)CCC4(C)C)cc1. The van der Waals surface area contributed by atoms with Crippen molar-refractivity contribution in [1.29, 1.82) is 0 Å². The molecule has 0 N–H and O–H groups in total. The summed E-state index contributed by atoms with van der Waals surface area (Å²) in [6.45, 7) is 23.8. The fourth-order valence-corrected chi connectivity index (χ4v) is 13.2. The first-order chi connectivity index (χ1) is 30.0. The fourth-order valence-electron chi connectivity index (χ4n) is 11.9. The van der Waals surface area contributed by atoms with Crippen molar-refractivity contribution in [2.45, 2.75) is 104 Å². The van der Waals surface area contributed by atoms with Crippen LogP contribution in [0.15, 0.2) is 120 Å². The molecule has 63 heavy (non-hydrogen) atoms. The Hall–Kier alpha value is -5.78. The van der Waals surface area contributed by atoms with Crippen LogP contribution in [0, 0.1) is 0 Å². The van der Waals surface area contributed by atoms with E-state index < -0.39 is 0 Å². The third-order valence-corrected chi connectivity index (χ3v) is 16.7. The second-order valence-corrected chi connectivity index (χ2v) is 23.4. The van der Waals surface area contributed by atoms with Gasteiger partial charge in [0.1, 0.15) is 11.2 Å². The lowest BCUT2D eigenvalue weighted by atomic mass is 9.43. The maximum Gasteiger partial charge on any atom is 0.333 e. The number of para-hydroxylation sites is 1. The minimum Gasteiger partial charge on any atom is -0.456 e. The van der Waals surface area contributed by atoms with Crippen molar-refractivity contribution in [1.82, 2.24) is 4.57 Å². The van der Waals surface area contributed by atoms with Crippen LogP contribution in [0.25, 0.3) is 80.7 Å². The molecule has 0 saturated carbocycles. The topological polar surface area (TPSA) is 21.3 Å². The molecule has 3 aromatic heterocycles. The number of hydrogen-bond donors (Lipinski definition) is 0. The fraction of sp³-hybridized carbons (Fsp3) is 0.276. The van der Waals surface area contributed by atoms with Crippen LogP contribution in [0.5, 0.6) is 0 Å². The zero-order valence-corrected chi connectivity index (χ0v) is 39.0. The Morgan fingerprint density at radius 3 is 2.00 bits per heavy atom. The smallest absolute Gasteiger partial charge is 0.333 e. The van der Waals surface area contributed by atoms with Gasteiger partial charge in [-0.2, -0.15) is 0 Å². The number of benzene rings is 7. The van der Waals surface area contributed by atoms with Gasteiger partial charge in [0.25, 0.3) is 0 Å². The van der Waals surface area contributed by atoms with Crippen molar-refractivity contribution in [3.8, 4) is 16.8 Å². The number of aromatic nitrogens is 1. The Kier molecular flexibility index (Phi) is 7.23. The lowest BCUT2D eigenvalue weighted by molar-refractivity contribution is 0.332. The van der Waals surface area contributed by atoms with Crippen molar-refractivity contribution in [2.24, 2.45) is 0 Å². The summed E-state index contributed by atoms with van der Waals surface area (Å²) in [7, 11) is 0. The Labute approximate surface area is 374 Å². The van der Waals surface area contributed by atoms with E-state index in [1.807, 2.05) is 11.3 Å². The minimum absolute atomic E-state index is 0.00672. The lowest BCUT2D eigenvalue weighted by Gasteiger charge is -2.46. The molecule has 1 aliphatic carbocycles. The molecular weight excluding hydrogens is 784 g/mol. The van der Waals surface area contributed by atoms with Crippen LogP contribution >= 0.6 is 11.3 Å². The molecule has 2 aliphatic heterocycles. The molecule has 3 nitrogen and oxygen atoms in total. The van der Waals surface area contributed by atoms with Crippen LogP contribution in [0.1, 0.15) is 104 Å². The largest absolute Gasteiger partial charge is 0.456 e. The second kappa shape index (κ2) is 12.1. The van der Waals surface area contributed by atoms with Crippen LogP contribution in [0.4, 0.5) is 11.4 Å². The first kappa shape index (κ1) is 37.8. The van der Waals surface area contributed by atoms with E-state index in [9.17, 15) is 0 Å². The average molecular weight is 837 g/mol. The molecule has 0 spiro atoms. The molecule has 5 heteroatoms. The van der Waals surface area contributed by atoms with Crippen molar-refractivity contribution >= 4 is 104 Å². The molecule has 0 amide bonds. The number of rotatable bonds is 1. The maximum atomic E-state index is 6.82. The van der Waals surface area contributed by atoms with E-state index in [-0.39, 0.29) is 28.5 Å². The lowest BCUT2D eigenvalue weighted by Crippen LogP contribution is -2.60. The van der Waals surface area contributed by atoms with Crippen molar-refractivity contribution in [2.75, 3.05) is 4.81 Å². The number of hydrogen-bond acceptors (Lipinski definition) is 3. The summed E-state index contributed by atoms with van der Waals surface area (Å²) in [6, 6.07) is 44.8. The van der Waals surface area contributed by atoms with Gasteiger partial charge in [-0.1, -0.05) is 124 Å². The highest BCUT2D eigenvalue weighted by Gasteiger charge is 2.48. The summed E-state index contributed by atoms with van der Waals surface area (Å²) >= 11 is 1.98. The Morgan fingerprint density at radius 1 is 0.603 bits per heavy atom. The summed E-state index contributed by atoms with van der Waals surface area (Å²) in [5.41, 5.74) is 19.4. The molecule has 0 unspecified atom stereocenters. The van der Waals surface area contributed by atoms with Crippen molar-refractivity contribution in [3.63, 3.8) is 0 Å². The van der Waals surface area contributed by atoms with Crippen LogP contribution in [0.3, 0.4) is 0 Å².